The van der Waals surface area contributed by atoms with Gasteiger partial charge < -0.3 is 11.1 Å². The predicted octanol–water partition coefficient (Wildman–Crippen LogP) is 1.10. The first-order valence-electron chi connectivity index (χ1n) is 5.01. The van der Waals surface area contributed by atoms with Crippen molar-refractivity contribution in [3.05, 3.63) is 34.9 Å². The first kappa shape index (κ1) is 11.0. The van der Waals surface area contributed by atoms with Crippen LogP contribution in [-0.2, 0) is 0 Å². The molecular formula is C11H12F2N2O. The van der Waals surface area contributed by atoms with Crippen molar-refractivity contribution in [3.63, 3.8) is 0 Å². The van der Waals surface area contributed by atoms with Gasteiger partial charge in [-0.05, 0) is 25.0 Å². The van der Waals surface area contributed by atoms with Gasteiger partial charge in [0.15, 0.2) is 0 Å². The molecule has 2 atom stereocenters. The number of carbonyl (C=O) groups is 1. The van der Waals surface area contributed by atoms with E-state index in [0.29, 0.717) is 6.42 Å². The van der Waals surface area contributed by atoms with Crippen molar-refractivity contribution in [1.82, 2.24) is 5.32 Å². The second kappa shape index (κ2) is 3.83. The topological polar surface area (TPSA) is 55.1 Å². The average Bonchev–Trinajstić information content (AvgIpc) is 2.87. The molecule has 1 aromatic rings. The number of benzene rings is 1. The zero-order chi connectivity index (χ0) is 11.9. The number of aryl methyl sites for hydroxylation is 1. The summed E-state index contributed by atoms with van der Waals surface area (Å²) in [7, 11) is 0. The molecule has 16 heavy (non-hydrogen) atoms. The van der Waals surface area contributed by atoms with Crippen LogP contribution in [0.3, 0.4) is 0 Å². The third kappa shape index (κ3) is 2.04. The van der Waals surface area contributed by atoms with Gasteiger partial charge >= 0.3 is 0 Å². The van der Waals surface area contributed by atoms with Crippen LogP contribution in [0, 0.1) is 18.6 Å². The van der Waals surface area contributed by atoms with Crippen molar-refractivity contribution < 1.29 is 13.6 Å². The molecule has 2 unspecified atom stereocenters. The van der Waals surface area contributed by atoms with Crippen LogP contribution in [0.2, 0.25) is 0 Å². The Labute approximate surface area is 91.6 Å². The lowest BCUT2D eigenvalue weighted by Crippen LogP contribution is -2.30. The Balaban J connectivity index is 2.19. The summed E-state index contributed by atoms with van der Waals surface area (Å²) in [5.41, 5.74) is 5.62. The summed E-state index contributed by atoms with van der Waals surface area (Å²) in [6.07, 6.45) is 0.702. The molecule has 1 aliphatic rings. The van der Waals surface area contributed by atoms with Gasteiger partial charge in [0.05, 0.1) is 5.56 Å². The number of halogens is 2. The fourth-order valence-corrected chi connectivity index (χ4v) is 1.46. The second-order valence-corrected chi connectivity index (χ2v) is 4.06. The number of hydrogen-bond acceptors (Lipinski definition) is 2. The Kier molecular flexibility index (Phi) is 2.63. The Morgan fingerprint density at radius 1 is 1.44 bits per heavy atom. The average molecular weight is 226 g/mol. The Morgan fingerprint density at radius 3 is 2.62 bits per heavy atom. The number of carbonyl (C=O) groups excluding carboxylic acids is 1. The maximum Gasteiger partial charge on any atom is 0.254 e. The first-order valence-corrected chi connectivity index (χ1v) is 5.01. The molecule has 1 aliphatic carbocycles. The summed E-state index contributed by atoms with van der Waals surface area (Å²) in [6, 6.07) is 1.79. The highest BCUT2D eigenvalue weighted by Gasteiger charge is 2.35. The molecule has 1 saturated carbocycles. The van der Waals surface area contributed by atoms with Crippen LogP contribution >= 0.6 is 0 Å². The Bertz CT molecular complexity index is 448. The minimum absolute atomic E-state index is 0.0476. The van der Waals surface area contributed by atoms with E-state index in [2.05, 4.69) is 5.32 Å². The monoisotopic (exact) mass is 226 g/mol. The van der Waals surface area contributed by atoms with Crippen LogP contribution < -0.4 is 11.1 Å². The third-order valence-corrected chi connectivity index (χ3v) is 2.65. The summed E-state index contributed by atoms with van der Waals surface area (Å²) in [4.78, 5) is 11.6. The van der Waals surface area contributed by atoms with Gasteiger partial charge in [-0.2, -0.15) is 0 Å². The fraction of sp³-hybridized carbons (Fsp3) is 0.364. The molecule has 5 heteroatoms. The van der Waals surface area contributed by atoms with Gasteiger partial charge in [-0.25, -0.2) is 8.78 Å². The van der Waals surface area contributed by atoms with Crippen LogP contribution in [0.4, 0.5) is 8.78 Å². The number of nitrogens with one attached hydrogen (secondary N) is 1. The molecule has 0 bridgehead atoms. The van der Waals surface area contributed by atoms with Crippen LogP contribution in [0.15, 0.2) is 12.1 Å². The van der Waals surface area contributed by atoms with Crippen molar-refractivity contribution in [2.75, 3.05) is 0 Å². The van der Waals surface area contributed by atoms with Crippen LogP contribution in [0.1, 0.15) is 22.3 Å². The van der Waals surface area contributed by atoms with Gasteiger partial charge in [0.1, 0.15) is 11.6 Å². The lowest BCUT2D eigenvalue weighted by Gasteiger charge is -2.06. The van der Waals surface area contributed by atoms with E-state index in [0.717, 1.165) is 6.07 Å². The number of nitrogens with two attached hydrogens (primary N) is 1. The van der Waals surface area contributed by atoms with Crippen LogP contribution in [0.5, 0.6) is 0 Å². The summed E-state index contributed by atoms with van der Waals surface area (Å²) in [6.45, 7) is 1.48. The molecule has 2 rings (SSSR count). The zero-order valence-corrected chi connectivity index (χ0v) is 8.76. The molecular weight excluding hydrogens is 214 g/mol. The molecule has 0 heterocycles. The number of rotatable bonds is 2. The van der Waals surface area contributed by atoms with Gasteiger partial charge in [-0.3, -0.25) is 4.79 Å². The summed E-state index contributed by atoms with van der Waals surface area (Å²) in [5, 5.41) is 2.58. The lowest BCUT2D eigenvalue weighted by molar-refractivity contribution is 0.0946. The quantitative estimate of drug-likeness (QED) is 0.793. The number of hydrogen-bond donors (Lipinski definition) is 2. The summed E-state index contributed by atoms with van der Waals surface area (Å²) in [5.74, 6) is -2.05. The van der Waals surface area contributed by atoms with Crippen molar-refractivity contribution in [2.45, 2.75) is 25.4 Å². The van der Waals surface area contributed by atoms with Crippen LogP contribution in [-0.4, -0.2) is 18.0 Å². The second-order valence-electron chi connectivity index (χ2n) is 4.06. The van der Waals surface area contributed by atoms with E-state index in [1.807, 2.05) is 0 Å². The largest absolute Gasteiger partial charge is 0.348 e. The molecule has 0 spiro atoms. The first-order chi connectivity index (χ1) is 7.49. The van der Waals surface area contributed by atoms with Crippen molar-refractivity contribution in [1.29, 1.82) is 0 Å². The van der Waals surface area contributed by atoms with E-state index in [1.165, 1.54) is 13.0 Å². The molecule has 0 aromatic heterocycles. The molecule has 3 N–H and O–H groups in total. The molecule has 1 fully saturated rings. The summed E-state index contributed by atoms with van der Waals surface area (Å²) >= 11 is 0. The SMILES string of the molecule is Cc1cc(C(=O)NC2CC2N)c(F)cc1F. The van der Waals surface area contributed by atoms with Crippen molar-refractivity contribution in [2.24, 2.45) is 5.73 Å². The normalized spacial score (nSPS) is 23.0. The van der Waals surface area contributed by atoms with E-state index in [4.69, 9.17) is 5.73 Å². The molecule has 0 saturated heterocycles. The minimum atomic E-state index is -0.852. The Hall–Kier alpha value is -1.49. The van der Waals surface area contributed by atoms with Gasteiger partial charge in [0.25, 0.3) is 5.91 Å². The highest BCUT2D eigenvalue weighted by molar-refractivity contribution is 5.95. The van der Waals surface area contributed by atoms with Crippen molar-refractivity contribution >= 4 is 5.91 Å². The molecule has 1 amide bonds. The van der Waals surface area contributed by atoms with Gasteiger partial charge in [-0.15, -0.1) is 0 Å². The van der Waals surface area contributed by atoms with E-state index < -0.39 is 17.5 Å². The Morgan fingerprint density at radius 2 is 2.06 bits per heavy atom. The minimum Gasteiger partial charge on any atom is -0.348 e. The van der Waals surface area contributed by atoms with Gasteiger partial charge in [0, 0.05) is 18.2 Å². The molecule has 86 valence electrons. The lowest BCUT2D eigenvalue weighted by atomic mass is 10.1. The summed E-state index contributed by atoms with van der Waals surface area (Å²) < 4.78 is 26.3. The predicted molar refractivity (Wildman–Crippen MR) is 54.9 cm³/mol. The highest BCUT2D eigenvalue weighted by Crippen LogP contribution is 2.20. The molecule has 3 nitrogen and oxygen atoms in total. The maximum atomic E-state index is 13.3. The highest BCUT2D eigenvalue weighted by atomic mass is 19.1. The standard InChI is InChI=1S/C11H12F2N2O/c1-5-2-6(8(13)3-7(5)12)11(16)15-10-4-9(10)14/h2-3,9-10H,4,14H2,1H3,(H,15,16). The molecule has 0 aliphatic heterocycles. The molecule has 0 radical (unpaired) electrons. The van der Waals surface area contributed by atoms with E-state index >= 15 is 0 Å². The molecule has 1 aromatic carbocycles. The van der Waals surface area contributed by atoms with Gasteiger partial charge in [-0.1, -0.05) is 0 Å². The fourth-order valence-electron chi connectivity index (χ4n) is 1.46. The van der Waals surface area contributed by atoms with E-state index in [-0.39, 0.29) is 23.2 Å². The van der Waals surface area contributed by atoms with E-state index in [9.17, 15) is 13.6 Å². The van der Waals surface area contributed by atoms with Gasteiger partial charge in [0.2, 0.25) is 0 Å². The maximum absolute atomic E-state index is 13.3. The third-order valence-electron chi connectivity index (χ3n) is 2.65. The van der Waals surface area contributed by atoms with E-state index in [1.54, 1.807) is 0 Å². The van der Waals surface area contributed by atoms with Crippen LogP contribution in [0.25, 0.3) is 0 Å². The number of amides is 1. The smallest absolute Gasteiger partial charge is 0.254 e. The van der Waals surface area contributed by atoms with Crippen molar-refractivity contribution in [3.8, 4) is 0 Å². The zero-order valence-electron chi connectivity index (χ0n) is 8.76.